The van der Waals surface area contributed by atoms with Gasteiger partial charge in [0.2, 0.25) is 0 Å². The molecule has 1 amide bonds. The van der Waals surface area contributed by atoms with Crippen molar-refractivity contribution in [3.8, 4) is 0 Å². The molecule has 2 atom stereocenters. The van der Waals surface area contributed by atoms with Crippen LogP contribution >= 0.6 is 0 Å². The number of nitrogens with zero attached hydrogens (tertiary/aromatic N) is 3. The zero-order chi connectivity index (χ0) is 13.7. The summed E-state index contributed by atoms with van der Waals surface area (Å²) in [6, 6.07) is 0.253. The Kier molecular flexibility index (Phi) is 5.59. The largest absolute Gasteiger partial charge is 0.347 e. The molecule has 0 spiro atoms. The first-order valence-corrected chi connectivity index (χ1v) is 7.01. The molecule has 0 radical (unpaired) electrons. The maximum atomic E-state index is 12.3. The molecule has 0 aliphatic carbocycles. The lowest BCUT2D eigenvalue weighted by Gasteiger charge is -2.37. The Morgan fingerprint density at radius 2 is 2.00 bits per heavy atom. The van der Waals surface area contributed by atoms with Crippen LogP contribution in [0.5, 0.6) is 0 Å². The topological polar surface area (TPSA) is 40.4 Å². The lowest BCUT2D eigenvalue weighted by atomic mass is 10.1. The van der Waals surface area contributed by atoms with Gasteiger partial charge in [-0.2, -0.15) is 10.1 Å². The number of hydrogen-bond acceptors (Lipinski definition) is 3. The van der Waals surface area contributed by atoms with Crippen LogP contribution in [0, 0.1) is 0 Å². The van der Waals surface area contributed by atoms with Crippen LogP contribution < -0.4 is 4.90 Å². The number of amides is 1. The summed E-state index contributed by atoms with van der Waals surface area (Å²) in [6.07, 6.45) is 2.84. The van der Waals surface area contributed by atoms with E-state index in [0.717, 1.165) is 19.5 Å². The molecule has 0 saturated heterocycles. The Morgan fingerprint density at radius 1 is 1.39 bits per heavy atom. The van der Waals surface area contributed by atoms with Crippen LogP contribution in [0.15, 0.2) is 5.10 Å². The van der Waals surface area contributed by atoms with Gasteiger partial charge in [-0.25, -0.2) is 0 Å². The van der Waals surface area contributed by atoms with Gasteiger partial charge in [0.15, 0.2) is 6.67 Å². The number of nitrogens with one attached hydrogen (secondary N) is 1. The van der Waals surface area contributed by atoms with Crippen LogP contribution in [0.3, 0.4) is 0 Å². The molecule has 5 heteroatoms. The lowest BCUT2D eigenvalue weighted by Crippen LogP contribution is -3.13. The van der Waals surface area contributed by atoms with E-state index in [9.17, 15) is 4.79 Å². The van der Waals surface area contributed by atoms with Crippen LogP contribution in [0.4, 0.5) is 0 Å². The normalized spacial score (nSPS) is 21.9. The smallest absolute Gasteiger partial charge is 0.269 e. The van der Waals surface area contributed by atoms with E-state index < -0.39 is 0 Å². The number of carbonyl (C=O) groups excluding carboxylic acids is 1. The van der Waals surface area contributed by atoms with Crippen molar-refractivity contribution in [1.29, 1.82) is 0 Å². The van der Waals surface area contributed by atoms with Gasteiger partial charge in [0.05, 0.1) is 13.1 Å². The summed E-state index contributed by atoms with van der Waals surface area (Å²) >= 11 is 0. The summed E-state index contributed by atoms with van der Waals surface area (Å²) in [4.78, 5) is 15.7. The molecule has 0 saturated carbocycles. The Labute approximate surface area is 110 Å². The standard InChI is InChI=1S/C13H26N4O/c1-6-11(4)16-9-14-17(13(18)12(16)5)10-15(7-2)8-3/h9,11-12H,6-8,10H2,1-5H3/p+1/t11-,12-/m0/s1. The lowest BCUT2D eigenvalue weighted by molar-refractivity contribution is -0.905. The number of rotatable bonds is 6. The van der Waals surface area contributed by atoms with Crippen LogP contribution in [-0.2, 0) is 4.79 Å². The van der Waals surface area contributed by atoms with E-state index in [1.165, 1.54) is 4.90 Å². The second-order valence-electron chi connectivity index (χ2n) is 4.96. The highest BCUT2D eigenvalue weighted by Gasteiger charge is 2.32. The third-order valence-corrected chi connectivity index (χ3v) is 3.86. The van der Waals surface area contributed by atoms with Crippen molar-refractivity contribution in [2.24, 2.45) is 5.10 Å². The average molecular weight is 255 g/mol. The molecule has 1 aliphatic rings. The summed E-state index contributed by atoms with van der Waals surface area (Å²) in [5.41, 5.74) is 0. The molecule has 0 fully saturated rings. The molecule has 0 unspecified atom stereocenters. The first kappa shape index (κ1) is 15.0. The van der Waals surface area contributed by atoms with Crippen molar-refractivity contribution in [3.63, 3.8) is 0 Å². The second-order valence-corrected chi connectivity index (χ2v) is 4.96. The molecule has 1 aliphatic heterocycles. The maximum Gasteiger partial charge on any atom is 0.269 e. The molecule has 0 aromatic rings. The van der Waals surface area contributed by atoms with Crippen molar-refractivity contribution in [1.82, 2.24) is 9.91 Å². The number of quaternary nitrogens is 1. The fraction of sp³-hybridized carbons (Fsp3) is 0.846. The molecule has 0 bridgehead atoms. The Bertz CT molecular complexity index is 301. The van der Waals surface area contributed by atoms with Gasteiger partial charge in [-0.05, 0) is 34.1 Å². The molecule has 0 aromatic carbocycles. The highest BCUT2D eigenvalue weighted by Crippen LogP contribution is 2.13. The Balaban J connectivity index is 2.72. The van der Waals surface area contributed by atoms with Crippen molar-refractivity contribution in [2.75, 3.05) is 19.8 Å². The summed E-state index contributed by atoms with van der Waals surface area (Å²) in [5, 5.41) is 5.93. The van der Waals surface area contributed by atoms with E-state index in [1.807, 2.05) is 13.3 Å². The highest BCUT2D eigenvalue weighted by molar-refractivity contribution is 5.86. The summed E-state index contributed by atoms with van der Waals surface area (Å²) < 4.78 is 0. The third-order valence-electron chi connectivity index (χ3n) is 3.86. The predicted molar refractivity (Wildman–Crippen MR) is 73.3 cm³/mol. The SMILES string of the molecule is CC[C@H](C)N1C=NN(C[NH+](CC)CC)C(=O)[C@@H]1C. The van der Waals surface area contributed by atoms with Gasteiger partial charge in [0.1, 0.15) is 12.4 Å². The molecule has 1 heterocycles. The molecule has 18 heavy (non-hydrogen) atoms. The van der Waals surface area contributed by atoms with Gasteiger partial charge >= 0.3 is 0 Å². The van der Waals surface area contributed by atoms with Gasteiger partial charge in [-0.15, -0.1) is 0 Å². The zero-order valence-electron chi connectivity index (χ0n) is 12.3. The average Bonchev–Trinajstić information content (AvgIpc) is 2.39. The van der Waals surface area contributed by atoms with Gasteiger partial charge < -0.3 is 9.80 Å². The van der Waals surface area contributed by atoms with Crippen LogP contribution in [0.2, 0.25) is 0 Å². The van der Waals surface area contributed by atoms with Crippen LogP contribution in [-0.4, -0.2) is 54.0 Å². The monoisotopic (exact) mass is 255 g/mol. The minimum Gasteiger partial charge on any atom is -0.347 e. The Hall–Kier alpha value is -1.10. The minimum atomic E-state index is -0.104. The molecular weight excluding hydrogens is 228 g/mol. The van der Waals surface area contributed by atoms with E-state index in [1.54, 1.807) is 5.01 Å². The van der Waals surface area contributed by atoms with Crippen molar-refractivity contribution in [3.05, 3.63) is 0 Å². The van der Waals surface area contributed by atoms with Gasteiger partial charge in [-0.1, -0.05) is 6.92 Å². The second kappa shape index (κ2) is 6.73. The minimum absolute atomic E-state index is 0.104. The fourth-order valence-electron chi connectivity index (χ4n) is 2.13. The quantitative estimate of drug-likeness (QED) is 0.733. The summed E-state index contributed by atoms with van der Waals surface area (Å²) in [7, 11) is 0. The van der Waals surface area contributed by atoms with E-state index in [-0.39, 0.29) is 11.9 Å². The maximum absolute atomic E-state index is 12.3. The number of hydrogen-bond donors (Lipinski definition) is 1. The predicted octanol–water partition coefficient (Wildman–Crippen LogP) is 0.143. The van der Waals surface area contributed by atoms with Crippen LogP contribution in [0.1, 0.15) is 41.0 Å². The summed E-state index contributed by atoms with van der Waals surface area (Å²) in [6.45, 7) is 13.2. The Morgan fingerprint density at radius 3 is 2.50 bits per heavy atom. The number of carbonyl (C=O) groups is 1. The van der Waals surface area contributed by atoms with Crippen molar-refractivity contribution in [2.45, 2.75) is 53.1 Å². The third kappa shape index (κ3) is 3.22. The van der Waals surface area contributed by atoms with Gasteiger partial charge in [0, 0.05) is 6.04 Å². The van der Waals surface area contributed by atoms with E-state index in [0.29, 0.717) is 12.7 Å². The van der Waals surface area contributed by atoms with E-state index in [4.69, 9.17) is 0 Å². The first-order valence-electron chi connectivity index (χ1n) is 7.01. The highest BCUT2D eigenvalue weighted by atomic mass is 16.2. The molecule has 0 aromatic heterocycles. The van der Waals surface area contributed by atoms with Crippen molar-refractivity contribution >= 4 is 12.2 Å². The van der Waals surface area contributed by atoms with Crippen LogP contribution in [0.25, 0.3) is 0 Å². The van der Waals surface area contributed by atoms with E-state index in [2.05, 4.69) is 37.7 Å². The molecule has 5 nitrogen and oxygen atoms in total. The molecular formula is C13H27N4O+. The van der Waals surface area contributed by atoms with Gasteiger partial charge in [0.25, 0.3) is 5.91 Å². The number of hydrazone groups is 1. The fourth-order valence-corrected chi connectivity index (χ4v) is 2.13. The molecule has 1 rings (SSSR count). The summed E-state index contributed by atoms with van der Waals surface area (Å²) in [5.74, 6) is 0.109. The first-order chi connectivity index (χ1) is 8.54. The van der Waals surface area contributed by atoms with Gasteiger partial charge in [-0.3, -0.25) is 4.79 Å². The van der Waals surface area contributed by atoms with Crippen molar-refractivity contribution < 1.29 is 9.69 Å². The molecule has 104 valence electrons. The molecule has 1 N–H and O–H groups in total. The zero-order valence-corrected chi connectivity index (χ0v) is 12.3. The van der Waals surface area contributed by atoms with E-state index >= 15 is 0 Å².